The molecular weight excluding hydrogens is 470 g/mol. The molecule has 9 heteroatoms. The number of ether oxygens (including phenoxy) is 1. The van der Waals surface area contributed by atoms with Crippen molar-refractivity contribution in [1.29, 1.82) is 0 Å². The zero-order valence-electron chi connectivity index (χ0n) is 20.4. The molecule has 2 aliphatic heterocycles. The van der Waals surface area contributed by atoms with Crippen LogP contribution in [0.2, 0.25) is 0 Å². The molecule has 1 atom stereocenters. The van der Waals surface area contributed by atoms with Crippen LogP contribution >= 0.6 is 0 Å². The molecule has 1 fully saturated rings. The average molecular weight is 496 g/mol. The summed E-state index contributed by atoms with van der Waals surface area (Å²) in [4.78, 5) is 40.3. The molecule has 1 aromatic heterocycles. The molecule has 1 saturated heterocycles. The molecule has 3 heterocycles. The number of fused-ring (bicyclic) bond motifs is 2. The minimum atomic E-state index is -1.40. The number of nitrogens with one attached hydrogen (secondary N) is 2. The van der Waals surface area contributed by atoms with Crippen LogP contribution in [0.5, 0.6) is 5.75 Å². The maximum atomic E-state index is 13.3. The fourth-order valence-electron chi connectivity index (χ4n) is 5.20. The summed E-state index contributed by atoms with van der Waals surface area (Å²) in [7, 11) is 1.90. The van der Waals surface area contributed by atoms with Crippen molar-refractivity contribution < 1.29 is 19.1 Å². The molecule has 0 bridgehead atoms. The van der Waals surface area contributed by atoms with Crippen LogP contribution in [-0.4, -0.2) is 45.7 Å². The number of imide groups is 1. The van der Waals surface area contributed by atoms with Crippen LogP contribution in [0.25, 0.3) is 22.0 Å². The number of carbonyl (C=O) groups excluding carboxylic acids is 3. The van der Waals surface area contributed by atoms with Gasteiger partial charge in [-0.05, 0) is 53.4 Å². The van der Waals surface area contributed by atoms with Crippen molar-refractivity contribution in [2.24, 2.45) is 7.05 Å². The van der Waals surface area contributed by atoms with Crippen molar-refractivity contribution in [3.8, 4) is 16.9 Å². The molecule has 37 heavy (non-hydrogen) atoms. The van der Waals surface area contributed by atoms with Crippen LogP contribution in [0.15, 0.2) is 66.9 Å². The SMILES string of the molecule is CCOc1ccc2c(c1)C(=O)N(C[C@@]1(c3ccc(-c4ccc5c(cnn5C)c4)cc3)NC(=O)NC1=O)C2. The Hall–Kier alpha value is -4.66. The Balaban J connectivity index is 1.31. The lowest BCUT2D eigenvalue weighted by atomic mass is 9.88. The molecule has 4 amide bonds. The van der Waals surface area contributed by atoms with Crippen molar-refractivity contribution in [3.05, 3.63) is 83.6 Å². The third-order valence-corrected chi connectivity index (χ3v) is 7.10. The highest BCUT2D eigenvalue weighted by molar-refractivity contribution is 6.08. The minimum Gasteiger partial charge on any atom is -0.494 e. The highest BCUT2D eigenvalue weighted by atomic mass is 16.5. The molecule has 2 aliphatic rings. The van der Waals surface area contributed by atoms with Gasteiger partial charge >= 0.3 is 6.03 Å². The number of amides is 4. The number of aromatic nitrogens is 2. The first-order valence-electron chi connectivity index (χ1n) is 12.1. The van der Waals surface area contributed by atoms with E-state index in [4.69, 9.17) is 4.74 Å². The van der Waals surface area contributed by atoms with E-state index in [1.165, 1.54) is 0 Å². The maximum Gasteiger partial charge on any atom is 0.322 e. The number of rotatable bonds is 6. The van der Waals surface area contributed by atoms with Gasteiger partial charge in [-0.1, -0.05) is 36.4 Å². The number of benzene rings is 3. The first kappa shape index (κ1) is 22.8. The Morgan fingerprint density at radius 3 is 2.51 bits per heavy atom. The molecule has 0 spiro atoms. The maximum absolute atomic E-state index is 13.3. The first-order chi connectivity index (χ1) is 17.9. The van der Waals surface area contributed by atoms with Gasteiger partial charge in [-0.25, -0.2) is 4.79 Å². The number of carbonyl (C=O) groups is 3. The number of urea groups is 1. The van der Waals surface area contributed by atoms with Gasteiger partial charge in [0.05, 0.1) is 24.9 Å². The summed E-state index contributed by atoms with van der Waals surface area (Å²) >= 11 is 0. The Labute approximate surface area is 213 Å². The molecule has 6 rings (SSSR count). The number of hydrogen-bond donors (Lipinski definition) is 2. The van der Waals surface area contributed by atoms with Crippen molar-refractivity contribution in [3.63, 3.8) is 0 Å². The lowest BCUT2D eigenvalue weighted by molar-refractivity contribution is -0.124. The molecule has 0 aliphatic carbocycles. The van der Waals surface area contributed by atoms with Crippen LogP contribution in [0, 0.1) is 0 Å². The van der Waals surface area contributed by atoms with E-state index in [0.717, 1.165) is 27.6 Å². The fraction of sp³-hybridized carbons (Fsp3) is 0.214. The van der Waals surface area contributed by atoms with Gasteiger partial charge in [-0.15, -0.1) is 0 Å². The predicted octanol–water partition coefficient (Wildman–Crippen LogP) is 3.33. The largest absolute Gasteiger partial charge is 0.494 e. The topological polar surface area (TPSA) is 106 Å². The van der Waals surface area contributed by atoms with Crippen LogP contribution in [0.4, 0.5) is 4.79 Å². The average Bonchev–Trinajstić information content (AvgIpc) is 3.52. The van der Waals surface area contributed by atoms with E-state index in [0.29, 0.717) is 30.0 Å². The van der Waals surface area contributed by atoms with Crippen molar-refractivity contribution >= 4 is 28.7 Å². The van der Waals surface area contributed by atoms with Gasteiger partial charge in [0, 0.05) is 24.5 Å². The Morgan fingerprint density at radius 1 is 1.00 bits per heavy atom. The number of hydrogen-bond acceptors (Lipinski definition) is 5. The third kappa shape index (κ3) is 3.70. The summed E-state index contributed by atoms with van der Waals surface area (Å²) in [6.45, 7) is 2.73. The summed E-state index contributed by atoms with van der Waals surface area (Å²) in [6, 6.07) is 18.4. The standard InChI is InChI=1S/C28H25N5O4/c1-3-37-22-10-6-19-15-33(25(34)23(19)13-22)16-28(26(35)30-27(36)31-28)21-8-4-17(5-9-21)18-7-11-24-20(12-18)14-29-32(24)2/h4-14H,3,15-16H2,1-2H3,(H2,30,31,35,36)/t28-/m0/s1. The van der Waals surface area contributed by atoms with Gasteiger partial charge in [0.2, 0.25) is 0 Å². The van der Waals surface area contributed by atoms with Gasteiger partial charge < -0.3 is 15.0 Å². The monoisotopic (exact) mass is 495 g/mol. The smallest absolute Gasteiger partial charge is 0.322 e. The van der Waals surface area contributed by atoms with Crippen LogP contribution in [-0.2, 0) is 23.9 Å². The van der Waals surface area contributed by atoms with E-state index in [-0.39, 0.29) is 12.5 Å². The highest BCUT2D eigenvalue weighted by Gasteiger charge is 2.50. The first-order valence-corrected chi connectivity index (χ1v) is 12.1. The summed E-state index contributed by atoms with van der Waals surface area (Å²) in [5, 5.41) is 10.5. The van der Waals surface area contributed by atoms with Gasteiger partial charge in [0.1, 0.15) is 5.75 Å². The number of nitrogens with zero attached hydrogens (tertiary/aromatic N) is 3. The molecule has 0 radical (unpaired) electrons. The van der Waals surface area contributed by atoms with Crippen molar-refractivity contribution in [2.45, 2.75) is 19.0 Å². The minimum absolute atomic E-state index is 0.00302. The van der Waals surface area contributed by atoms with E-state index in [1.807, 2.05) is 73.4 Å². The van der Waals surface area contributed by atoms with Crippen molar-refractivity contribution in [2.75, 3.05) is 13.2 Å². The summed E-state index contributed by atoms with van der Waals surface area (Å²) < 4.78 is 7.37. The summed E-state index contributed by atoms with van der Waals surface area (Å²) in [5.41, 5.74) is 3.61. The summed E-state index contributed by atoms with van der Waals surface area (Å²) in [5.74, 6) is -0.0646. The lowest BCUT2D eigenvalue weighted by Crippen LogP contribution is -2.52. The lowest BCUT2D eigenvalue weighted by Gasteiger charge is -2.31. The summed E-state index contributed by atoms with van der Waals surface area (Å²) in [6.07, 6.45) is 1.82. The molecule has 186 valence electrons. The van der Waals surface area contributed by atoms with Crippen LogP contribution in [0.1, 0.15) is 28.4 Å². The zero-order chi connectivity index (χ0) is 25.7. The van der Waals surface area contributed by atoms with Gasteiger partial charge in [-0.2, -0.15) is 5.10 Å². The highest BCUT2D eigenvalue weighted by Crippen LogP contribution is 2.34. The molecule has 3 aromatic carbocycles. The molecule has 0 unspecified atom stereocenters. The fourth-order valence-corrected chi connectivity index (χ4v) is 5.20. The van der Waals surface area contributed by atoms with E-state index in [2.05, 4.69) is 21.8 Å². The van der Waals surface area contributed by atoms with E-state index < -0.39 is 17.5 Å². The van der Waals surface area contributed by atoms with Crippen LogP contribution in [0.3, 0.4) is 0 Å². The van der Waals surface area contributed by atoms with E-state index in [9.17, 15) is 14.4 Å². The molecule has 2 N–H and O–H groups in total. The quantitative estimate of drug-likeness (QED) is 0.399. The second-order valence-electron chi connectivity index (χ2n) is 9.35. The second kappa shape index (κ2) is 8.48. The van der Waals surface area contributed by atoms with E-state index in [1.54, 1.807) is 11.0 Å². The van der Waals surface area contributed by atoms with Gasteiger partial charge in [-0.3, -0.25) is 19.6 Å². The number of aryl methyl sites for hydroxylation is 1. The third-order valence-electron chi connectivity index (χ3n) is 7.10. The van der Waals surface area contributed by atoms with Gasteiger partial charge in [0.25, 0.3) is 11.8 Å². The normalized spacial score (nSPS) is 18.8. The Morgan fingerprint density at radius 2 is 1.78 bits per heavy atom. The molecule has 4 aromatic rings. The second-order valence-corrected chi connectivity index (χ2v) is 9.35. The van der Waals surface area contributed by atoms with Crippen molar-refractivity contribution in [1.82, 2.24) is 25.3 Å². The zero-order valence-corrected chi connectivity index (χ0v) is 20.4. The Kier molecular flexibility index (Phi) is 5.22. The van der Waals surface area contributed by atoms with Crippen LogP contribution < -0.4 is 15.4 Å². The van der Waals surface area contributed by atoms with E-state index >= 15 is 0 Å². The molecule has 0 saturated carbocycles. The molecular formula is C28H25N5O4. The predicted molar refractivity (Wildman–Crippen MR) is 137 cm³/mol. The van der Waals surface area contributed by atoms with Gasteiger partial charge in [0.15, 0.2) is 5.54 Å². The Bertz CT molecular complexity index is 1580. The molecule has 9 nitrogen and oxygen atoms in total.